The average molecular weight is 369 g/mol. The molecular weight excluding hydrogens is 354 g/mol. The van der Waals surface area contributed by atoms with Gasteiger partial charge in [-0.05, 0) is 37.6 Å². The Morgan fingerprint density at radius 3 is 2.70 bits per heavy atom. The second-order valence-corrected chi connectivity index (χ2v) is 5.74. The van der Waals surface area contributed by atoms with Crippen LogP contribution in [0.25, 0.3) is 6.08 Å². The molecule has 0 spiro atoms. The van der Waals surface area contributed by atoms with Crippen LogP contribution in [-0.2, 0) is 9.59 Å². The Bertz CT molecular complexity index is 988. The molecule has 0 bridgehead atoms. The van der Waals surface area contributed by atoms with Crippen molar-refractivity contribution in [2.45, 2.75) is 13.8 Å². The molecule has 0 saturated carbocycles. The van der Waals surface area contributed by atoms with Crippen molar-refractivity contribution in [2.24, 2.45) is 5.10 Å². The van der Waals surface area contributed by atoms with Gasteiger partial charge in [-0.15, -0.1) is 0 Å². The van der Waals surface area contributed by atoms with Crippen molar-refractivity contribution in [3.8, 4) is 5.75 Å². The van der Waals surface area contributed by atoms with Gasteiger partial charge >= 0.3 is 5.88 Å². The van der Waals surface area contributed by atoms with Crippen LogP contribution in [0.4, 0.5) is 5.88 Å². The standard InChI is InChI=1S/C18H15N3O6/c1-11-5-3-4-6-15(11)26-10-16(22)20-18(23)14(12(2)19-20)9-13-7-8-17(27-13)21(24)25/h3-9H,10H2,1-2H3/b14-9-. The van der Waals surface area contributed by atoms with Crippen LogP contribution >= 0.6 is 0 Å². The second kappa shape index (κ2) is 7.24. The van der Waals surface area contributed by atoms with Gasteiger partial charge in [0.05, 0.1) is 17.4 Å². The van der Waals surface area contributed by atoms with Crippen molar-refractivity contribution < 1.29 is 23.7 Å². The molecule has 9 nitrogen and oxygen atoms in total. The zero-order valence-electron chi connectivity index (χ0n) is 14.5. The first-order valence-corrected chi connectivity index (χ1v) is 7.94. The number of carbonyl (C=O) groups excluding carboxylic acids is 2. The first-order chi connectivity index (χ1) is 12.9. The Balaban J connectivity index is 1.72. The Labute approximate surface area is 153 Å². The number of benzene rings is 1. The molecule has 0 atom stereocenters. The van der Waals surface area contributed by atoms with Gasteiger partial charge in [0.2, 0.25) is 0 Å². The molecule has 0 saturated heterocycles. The third kappa shape index (κ3) is 3.76. The van der Waals surface area contributed by atoms with Crippen molar-refractivity contribution in [1.82, 2.24) is 5.01 Å². The first kappa shape index (κ1) is 18.1. The minimum Gasteiger partial charge on any atom is -0.483 e. The van der Waals surface area contributed by atoms with Gasteiger partial charge in [-0.25, -0.2) is 0 Å². The summed E-state index contributed by atoms with van der Waals surface area (Å²) in [6.45, 7) is 3.04. The fourth-order valence-electron chi connectivity index (χ4n) is 2.43. The number of aryl methyl sites for hydroxylation is 1. The molecule has 2 heterocycles. The Morgan fingerprint density at radius 1 is 1.30 bits per heavy atom. The van der Waals surface area contributed by atoms with Crippen LogP contribution in [0.3, 0.4) is 0 Å². The SMILES string of the molecule is CC1=NN(C(=O)COc2ccccc2C)C(=O)/C1=C\c1ccc([N+](=O)[O-])o1. The minimum absolute atomic E-state index is 0.114. The number of nitro groups is 1. The van der Waals surface area contributed by atoms with E-state index in [1.807, 2.05) is 19.1 Å². The number of carbonyl (C=O) groups is 2. The summed E-state index contributed by atoms with van der Waals surface area (Å²) >= 11 is 0. The summed E-state index contributed by atoms with van der Waals surface area (Å²) < 4.78 is 10.5. The van der Waals surface area contributed by atoms with E-state index in [0.29, 0.717) is 11.5 Å². The Kier molecular flexibility index (Phi) is 4.84. The van der Waals surface area contributed by atoms with E-state index in [9.17, 15) is 19.7 Å². The molecular formula is C18H15N3O6. The highest BCUT2D eigenvalue weighted by molar-refractivity contribution is 6.29. The summed E-state index contributed by atoms with van der Waals surface area (Å²) in [4.78, 5) is 34.8. The smallest absolute Gasteiger partial charge is 0.433 e. The van der Waals surface area contributed by atoms with Gasteiger partial charge in [0.15, 0.2) is 6.61 Å². The third-order valence-electron chi connectivity index (χ3n) is 3.82. The highest BCUT2D eigenvalue weighted by Gasteiger charge is 2.33. The third-order valence-corrected chi connectivity index (χ3v) is 3.82. The van der Waals surface area contributed by atoms with Crippen LogP contribution in [0.2, 0.25) is 0 Å². The van der Waals surface area contributed by atoms with Crippen molar-refractivity contribution >= 4 is 29.5 Å². The monoisotopic (exact) mass is 369 g/mol. The molecule has 27 heavy (non-hydrogen) atoms. The maximum absolute atomic E-state index is 12.5. The van der Waals surface area contributed by atoms with Gasteiger partial charge in [-0.3, -0.25) is 19.7 Å². The molecule has 1 aliphatic rings. The van der Waals surface area contributed by atoms with Gasteiger partial charge in [0, 0.05) is 0 Å². The first-order valence-electron chi connectivity index (χ1n) is 7.94. The van der Waals surface area contributed by atoms with Gasteiger partial charge in [-0.1, -0.05) is 18.2 Å². The normalized spacial score (nSPS) is 15.2. The van der Waals surface area contributed by atoms with Gasteiger partial charge in [0.25, 0.3) is 11.8 Å². The van der Waals surface area contributed by atoms with Crippen LogP contribution < -0.4 is 4.74 Å². The highest BCUT2D eigenvalue weighted by Crippen LogP contribution is 2.23. The lowest BCUT2D eigenvalue weighted by Gasteiger charge is -2.12. The lowest BCUT2D eigenvalue weighted by Crippen LogP contribution is -2.33. The largest absolute Gasteiger partial charge is 0.483 e. The maximum atomic E-state index is 12.5. The van der Waals surface area contributed by atoms with E-state index in [0.717, 1.165) is 10.6 Å². The number of nitrogens with zero attached hydrogens (tertiary/aromatic N) is 3. The van der Waals surface area contributed by atoms with Crippen molar-refractivity contribution in [1.29, 1.82) is 0 Å². The molecule has 3 rings (SSSR count). The molecule has 1 aliphatic heterocycles. The summed E-state index contributed by atoms with van der Waals surface area (Å²) in [5, 5.41) is 15.3. The molecule has 1 aromatic carbocycles. The van der Waals surface area contributed by atoms with E-state index in [2.05, 4.69) is 5.10 Å². The summed E-state index contributed by atoms with van der Waals surface area (Å²) in [7, 11) is 0. The van der Waals surface area contributed by atoms with Crippen LogP contribution in [0, 0.1) is 17.0 Å². The number of ether oxygens (including phenoxy) is 1. The number of imide groups is 1. The summed E-state index contributed by atoms with van der Waals surface area (Å²) in [6, 6.07) is 9.72. The fourth-order valence-corrected chi connectivity index (χ4v) is 2.43. The summed E-state index contributed by atoms with van der Waals surface area (Å²) in [5.74, 6) is -1.07. The second-order valence-electron chi connectivity index (χ2n) is 5.74. The molecule has 1 aromatic heterocycles. The lowest BCUT2D eigenvalue weighted by atomic mass is 10.1. The van der Waals surface area contributed by atoms with E-state index >= 15 is 0 Å². The van der Waals surface area contributed by atoms with E-state index in [-0.39, 0.29) is 17.9 Å². The summed E-state index contributed by atoms with van der Waals surface area (Å²) in [6.07, 6.45) is 1.31. The molecule has 138 valence electrons. The number of furan rings is 1. The quantitative estimate of drug-likeness (QED) is 0.455. The maximum Gasteiger partial charge on any atom is 0.433 e. The van der Waals surface area contributed by atoms with Crippen molar-refractivity contribution in [3.05, 3.63) is 63.4 Å². The predicted octanol–water partition coefficient (Wildman–Crippen LogP) is 2.70. The van der Waals surface area contributed by atoms with Gasteiger partial charge < -0.3 is 9.15 Å². The van der Waals surface area contributed by atoms with Crippen LogP contribution in [0.15, 0.2) is 51.5 Å². The molecule has 0 fully saturated rings. The number of hydrazone groups is 1. The van der Waals surface area contributed by atoms with Crippen LogP contribution in [0.1, 0.15) is 18.2 Å². The van der Waals surface area contributed by atoms with E-state index in [1.165, 1.54) is 18.2 Å². The highest BCUT2D eigenvalue weighted by atomic mass is 16.6. The zero-order valence-corrected chi connectivity index (χ0v) is 14.5. The Morgan fingerprint density at radius 2 is 2.04 bits per heavy atom. The number of rotatable bonds is 5. The van der Waals surface area contributed by atoms with Gasteiger partial charge in [0.1, 0.15) is 16.4 Å². The Hall–Kier alpha value is -3.75. The van der Waals surface area contributed by atoms with Gasteiger partial charge in [-0.2, -0.15) is 10.1 Å². The molecule has 0 unspecified atom stereocenters. The van der Waals surface area contributed by atoms with E-state index in [4.69, 9.17) is 9.15 Å². The average Bonchev–Trinajstić information content (AvgIpc) is 3.21. The number of hydrogen-bond donors (Lipinski definition) is 0. The topological polar surface area (TPSA) is 115 Å². The van der Waals surface area contributed by atoms with E-state index in [1.54, 1.807) is 19.1 Å². The zero-order chi connectivity index (χ0) is 19.6. The van der Waals surface area contributed by atoms with Crippen LogP contribution in [0.5, 0.6) is 5.75 Å². The van der Waals surface area contributed by atoms with E-state index < -0.39 is 22.6 Å². The number of amides is 2. The molecule has 0 aliphatic carbocycles. The molecule has 0 N–H and O–H groups in total. The van der Waals surface area contributed by atoms with Crippen molar-refractivity contribution in [2.75, 3.05) is 6.61 Å². The van der Waals surface area contributed by atoms with Crippen LogP contribution in [-0.4, -0.2) is 34.1 Å². The van der Waals surface area contributed by atoms with Crippen molar-refractivity contribution in [3.63, 3.8) is 0 Å². The number of hydrogen-bond acceptors (Lipinski definition) is 7. The predicted molar refractivity (Wildman–Crippen MR) is 95.0 cm³/mol. The molecule has 2 aromatic rings. The summed E-state index contributed by atoms with van der Waals surface area (Å²) in [5.41, 5.74) is 1.27. The minimum atomic E-state index is -0.682. The lowest BCUT2D eigenvalue weighted by molar-refractivity contribution is -0.402. The number of para-hydroxylation sites is 1. The fraction of sp³-hybridized carbons (Fsp3) is 0.167. The molecule has 2 amide bonds. The molecule has 9 heteroatoms. The molecule has 0 radical (unpaired) electrons.